The lowest BCUT2D eigenvalue weighted by atomic mass is 10.1. The first kappa shape index (κ1) is 13.3. The predicted molar refractivity (Wildman–Crippen MR) is 77.3 cm³/mol. The van der Waals surface area contributed by atoms with Crippen LogP contribution in [0.1, 0.15) is 5.56 Å². The molecule has 0 radical (unpaired) electrons. The minimum Gasteiger partial charge on any atom is -0.399 e. The van der Waals surface area contributed by atoms with Crippen molar-refractivity contribution in [2.45, 2.75) is 11.4 Å². The molecule has 0 amide bonds. The first-order valence-corrected chi connectivity index (χ1v) is 7.81. The van der Waals surface area contributed by atoms with Gasteiger partial charge in [0.15, 0.2) is 5.03 Å². The van der Waals surface area contributed by atoms with Gasteiger partial charge in [-0.25, -0.2) is 0 Å². The molecule has 106 valence electrons. The summed E-state index contributed by atoms with van der Waals surface area (Å²) in [7, 11) is -2.19. The third-order valence-electron chi connectivity index (χ3n) is 3.34. The first-order valence-electron chi connectivity index (χ1n) is 6.00. The summed E-state index contributed by atoms with van der Waals surface area (Å²) >= 11 is 5.95. The summed E-state index contributed by atoms with van der Waals surface area (Å²) in [6.45, 7) is 0.378. The fourth-order valence-corrected chi connectivity index (χ4v) is 4.52. The number of rotatable bonds is 2. The smallest absolute Gasteiger partial charge is 0.283 e. The van der Waals surface area contributed by atoms with E-state index in [1.807, 2.05) is 6.07 Å². The van der Waals surface area contributed by atoms with Crippen LogP contribution in [0.4, 0.5) is 11.4 Å². The lowest BCUT2D eigenvalue weighted by Gasteiger charge is -2.20. The minimum atomic E-state index is -3.74. The number of nitrogen functional groups attached to an aromatic ring is 1. The van der Waals surface area contributed by atoms with Crippen LogP contribution in [0.2, 0.25) is 5.02 Å². The second-order valence-electron chi connectivity index (χ2n) is 4.64. The Morgan fingerprint density at radius 2 is 2.15 bits per heavy atom. The molecule has 0 spiro atoms. The summed E-state index contributed by atoms with van der Waals surface area (Å²) in [6.07, 6.45) is 1.98. The van der Waals surface area contributed by atoms with Crippen molar-refractivity contribution in [3.05, 3.63) is 35.0 Å². The largest absolute Gasteiger partial charge is 0.399 e. The summed E-state index contributed by atoms with van der Waals surface area (Å²) in [4.78, 5) is 0. The molecular formula is C12H13ClN4O2S. The van der Waals surface area contributed by atoms with E-state index in [-0.39, 0.29) is 10.0 Å². The Balaban J connectivity index is 2.14. The van der Waals surface area contributed by atoms with Gasteiger partial charge < -0.3 is 5.73 Å². The number of nitrogens with zero attached hydrogens (tertiary/aromatic N) is 3. The SMILES string of the molecule is Cn1ncc(Cl)c1S(=O)(=O)N1CCc2ccc(N)cc21. The Labute approximate surface area is 121 Å². The van der Waals surface area contributed by atoms with Gasteiger partial charge in [-0.2, -0.15) is 13.5 Å². The standard InChI is InChI=1S/C12H13ClN4O2S/c1-16-12(10(13)7-15-16)20(18,19)17-5-4-8-2-3-9(14)6-11(8)17/h2-3,6-7H,4-5,14H2,1H3. The molecule has 2 heterocycles. The van der Waals surface area contributed by atoms with Crippen LogP contribution >= 0.6 is 11.6 Å². The molecule has 6 nitrogen and oxygen atoms in total. The number of fused-ring (bicyclic) bond motifs is 1. The summed E-state index contributed by atoms with van der Waals surface area (Å²) in [5.41, 5.74) is 7.85. The second-order valence-corrected chi connectivity index (χ2v) is 6.82. The average Bonchev–Trinajstić information content (AvgIpc) is 2.93. The summed E-state index contributed by atoms with van der Waals surface area (Å²) in [6, 6.07) is 5.29. The molecule has 1 aliphatic heterocycles. The van der Waals surface area contributed by atoms with Gasteiger partial charge in [0, 0.05) is 19.3 Å². The van der Waals surface area contributed by atoms with Gasteiger partial charge in [0.2, 0.25) is 0 Å². The van der Waals surface area contributed by atoms with Crippen molar-refractivity contribution in [3.63, 3.8) is 0 Å². The third-order valence-corrected chi connectivity index (χ3v) is 5.66. The van der Waals surface area contributed by atoms with Crippen molar-refractivity contribution in [1.29, 1.82) is 0 Å². The molecule has 0 saturated heterocycles. The van der Waals surface area contributed by atoms with Crippen LogP contribution in [-0.4, -0.2) is 24.7 Å². The molecule has 0 aliphatic carbocycles. The van der Waals surface area contributed by atoms with Gasteiger partial charge in [-0.15, -0.1) is 0 Å². The first-order chi connectivity index (χ1) is 9.41. The van der Waals surface area contributed by atoms with Gasteiger partial charge in [0.1, 0.15) is 0 Å². The molecule has 1 aromatic heterocycles. The number of benzene rings is 1. The van der Waals surface area contributed by atoms with E-state index < -0.39 is 10.0 Å². The van der Waals surface area contributed by atoms with Crippen LogP contribution < -0.4 is 10.0 Å². The van der Waals surface area contributed by atoms with Gasteiger partial charge in [0.05, 0.1) is 16.9 Å². The van der Waals surface area contributed by atoms with Crippen molar-refractivity contribution in [2.24, 2.45) is 7.05 Å². The second kappa shape index (κ2) is 4.39. The van der Waals surface area contributed by atoms with Crippen molar-refractivity contribution in [1.82, 2.24) is 9.78 Å². The normalized spacial score (nSPS) is 14.6. The van der Waals surface area contributed by atoms with Crippen molar-refractivity contribution in [3.8, 4) is 0 Å². The topological polar surface area (TPSA) is 81.2 Å². The zero-order valence-corrected chi connectivity index (χ0v) is 12.3. The highest BCUT2D eigenvalue weighted by Gasteiger charge is 2.34. The predicted octanol–water partition coefficient (Wildman–Crippen LogP) is 1.41. The molecule has 3 rings (SSSR count). The number of sulfonamides is 1. The molecule has 20 heavy (non-hydrogen) atoms. The van der Waals surface area contributed by atoms with E-state index in [0.29, 0.717) is 24.3 Å². The summed E-state index contributed by atoms with van der Waals surface area (Å²) < 4.78 is 28.1. The van der Waals surface area contributed by atoms with Crippen LogP contribution in [0.5, 0.6) is 0 Å². The summed E-state index contributed by atoms with van der Waals surface area (Å²) in [5.74, 6) is 0. The highest BCUT2D eigenvalue weighted by Crippen LogP contribution is 2.35. The Hall–Kier alpha value is -1.73. The third kappa shape index (κ3) is 1.85. The number of aromatic nitrogens is 2. The van der Waals surface area contributed by atoms with Gasteiger partial charge >= 0.3 is 0 Å². The van der Waals surface area contributed by atoms with E-state index in [4.69, 9.17) is 17.3 Å². The van der Waals surface area contributed by atoms with E-state index in [1.165, 1.54) is 15.2 Å². The molecule has 1 aromatic carbocycles. The molecule has 2 N–H and O–H groups in total. The monoisotopic (exact) mass is 312 g/mol. The molecule has 0 unspecified atom stereocenters. The lowest BCUT2D eigenvalue weighted by molar-refractivity contribution is 0.573. The number of nitrogens with two attached hydrogens (primary N) is 1. The van der Waals surface area contributed by atoms with Crippen molar-refractivity contribution < 1.29 is 8.42 Å². The molecule has 0 bridgehead atoms. The fourth-order valence-electron chi connectivity index (χ4n) is 2.41. The Morgan fingerprint density at radius 3 is 2.80 bits per heavy atom. The quantitative estimate of drug-likeness (QED) is 0.850. The van der Waals surface area contributed by atoms with Crippen LogP contribution in [0.3, 0.4) is 0 Å². The van der Waals surface area contributed by atoms with Gasteiger partial charge in [-0.1, -0.05) is 17.7 Å². The number of halogens is 1. The van der Waals surface area contributed by atoms with Gasteiger partial charge in [0.25, 0.3) is 10.0 Å². The van der Waals surface area contributed by atoms with Gasteiger partial charge in [-0.05, 0) is 24.1 Å². The number of anilines is 2. The number of hydrogen-bond donors (Lipinski definition) is 1. The summed E-state index contributed by atoms with van der Waals surface area (Å²) in [5, 5.41) is 3.99. The Kier molecular flexibility index (Phi) is 2.91. The molecule has 1 aliphatic rings. The van der Waals surface area contributed by atoms with Crippen LogP contribution in [0.25, 0.3) is 0 Å². The van der Waals surface area contributed by atoms with Crippen LogP contribution in [-0.2, 0) is 23.5 Å². The van der Waals surface area contributed by atoms with Crippen molar-refractivity contribution >= 4 is 33.0 Å². The molecular weight excluding hydrogens is 300 g/mol. The molecule has 0 fully saturated rings. The maximum Gasteiger partial charge on any atom is 0.283 e. The maximum atomic E-state index is 12.8. The zero-order valence-electron chi connectivity index (χ0n) is 10.7. The van der Waals surface area contributed by atoms with E-state index >= 15 is 0 Å². The van der Waals surface area contributed by atoms with Crippen LogP contribution in [0.15, 0.2) is 29.4 Å². The van der Waals surface area contributed by atoms with E-state index in [1.54, 1.807) is 19.2 Å². The number of aryl methyl sites for hydroxylation is 1. The highest BCUT2D eigenvalue weighted by atomic mass is 35.5. The number of hydrogen-bond acceptors (Lipinski definition) is 4. The average molecular weight is 313 g/mol. The molecule has 0 saturated carbocycles. The van der Waals surface area contributed by atoms with Crippen LogP contribution in [0, 0.1) is 0 Å². The Morgan fingerprint density at radius 1 is 1.40 bits per heavy atom. The maximum absolute atomic E-state index is 12.8. The molecule has 8 heteroatoms. The zero-order chi connectivity index (χ0) is 14.5. The fraction of sp³-hybridized carbons (Fsp3) is 0.250. The lowest BCUT2D eigenvalue weighted by Crippen LogP contribution is -2.31. The van der Waals surface area contributed by atoms with E-state index in [0.717, 1.165) is 5.56 Å². The van der Waals surface area contributed by atoms with Crippen molar-refractivity contribution in [2.75, 3.05) is 16.6 Å². The highest BCUT2D eigenvalue weighted by molar-refractivity contribution is 7.92. The van der Waals surface area contributed by atoms with E-state index in [9.17, 15) is 8.42 Å². The molecule has 0 atom stereocenters. The van der Waals surface area contributed by atoms with E-state index in [2.05, 4.69) is 5.10 Å². The molecule has 2 aromatic rings. The Bertz CT molecular complexity index is 765. The minimum absolute atomic E-state index is 0.00515. The van der Waals surface area contributed by atoms with Gasteiger partial charge in [-0.3, -0.25) is 8.99 Å².